The van der Waals surface area contributed by atoms with Crippen LogP contribution >= 0.6 is 0 Å². The number of aromatic nitrogens is 7. The number of nitrogens with zero attached hydrogens (tertiary/aromatic N) is 9. The highest BCUT2D eigenvalue weighted by Gasteiger charge is 2.33. The first-order chi connectivity index (χ1) is 26.9. The number of benzene rings is 1. The van der Waals surface area contributed by atoms with Gasteiger partial charge < -0.3 is 15.3 Å². The van der Waals surface area contributed by atoms with E-state index < -0.39 is 17.6 Å². The Balaban J connectivity index is 0.838. The minimum Gasteiger partial charge on any atom is -0.384 e. The topological polar surface area (TPSA) is 177 Å². The summed E-state index contributed by atoms with van der Waals surface area (Å²) >= 11 is 0. The average Bonchev–Trinajstić information content (AvgIpc) is 3.88. The molecule has 0 spiro atoms. The fourth-order valence-corrected chi connectivity index (χ4v) is 8.40. The molecule has 3 amide bonds. The lowest BCUT2D eigenvalue weighted by Gasteiger charge is -2.37. The van der Waals surface area contributed by atoms with Crippen LogP contribution in [0.5, 0.6) is 0 Å². The van der Waals surface area contributed by atoms with Gasteiger partial charge in [0.25, 0.3) is 5.91 Å². The second kappa shape index (κ2) is 15.1. The SMILES string of the molecule is Cn1c(=O)n(C2CCC(=O)NC2=O)c2cccc(C#CCN3CCN(C[C@H]4CC[C@H](n5cc(NC(=O)c6cnn7cccnc67)c(C(C)(C)O)n5)CC4)CC3)c21. The Hall–Kier alpha value is -5.63. The lowest BCUT2D eigenvalue weighted by atomic mass is 9.85. The smallest absolute Gasteiger partial charge is 0.329 e. The Labute approximate surface area is 323 Å². The van der Waals surface area contributed by atoms with Gasteiger partial charge >= 0.3 is 5.69 Å². The van der Waals surface area contributed by atoms with Crippen LogP contribution in [0.1, 0.15) is 86.1 Å². The molecule has 0 bridgehead atoms. The molecular formula is C40H47N11O5. The molecule has 3 fully saturated rings. The van der Waals surface area contributed by atoms with Crippen LogP contribution in [0.3, 0.4) is 0 Å². The van der Waals surface area contributed by atoms with Crippen molar-refractivity contribution in [1.29, 1.82) is 0 Å². The quantitative estimate of drug-likeness (QED) is 0.157. The molecule has 6 heterocycles. The van der Waals surface area contributed by atoms with Crippen molar-refractivity contribution < 1.29 is 19.5 Å². The van der Waals surface area contributed by atoms with Crippen LogP contribution in [0.25, 0.3) is 16.7 Å². The van der Waals surface area contributed by atoms with E-state index in [1.54, 1.807) is 43.9 Å². The number of hydrogen-bond donors (Lipinski definition) is 3. The van der Waals surface area contributed by atoms with Gasteiger partial charge in [-0.2, -0.15) is 10.2 Å². The number of aryl methyl sites for hydroxylation is 1. The van der Waals surface area contributed by atoms with Crippen LogP contribution in [-0.4, -0.2) is 105 Å². The van der Waals surface area contributed by atoms with Crippen molar-refractivity contribution in [3.05, 3.63) is 76.4 Å². The first-order valence-electron chi connectivity index (χ1n) is 19.3. The van der Waals surface area contributed by atoms with Gasteiger partial charge in [-0.1, -0.05) is 17.9 Å². The van der Waals surface area contributed by atoms with Crippen LogP contribution in [0.4, 0.5) is 5.69 Å². The molecular weight excluding hydrogens is 715 g/mol. The highest BCUT2D eigenvalue weighted by molar-refractivity contribution is 6.08. The van der Waals surface area contributed by atoms with Gasteiger partial charge in [-0.15, -0.1) is 0 Å². The first-order valence-corrected chi connectivity index (χ1v) is 19.3. The zero-order chi connectivity index (χ0) is 39.1. The second-order valence-electron chi connectivity index (χ2n) is 15.7. The lowest BCUT2D eigenvalue weighted by molar-refractivity contribution is -0.135. The van der Waals surface area contributed by atoms with Crippen molar-refractivity contribution >= 4 is 40.1 Å². The molecule has 1 aliphatic carbocycles. The van der Waals surface area contributed by atoms with Crippen LogP contribution < -0.4 is 16.3 Å². The van der Waals surface area contributed by atoms with Crippen LogP contribution in [0.2, 0.25) is 0 Å². The van der Waals surface area contributed by atoms with Gasteiger partial charge in [-0.3, -0.25) is 38.4 Å². The maximum absolute atomic E-state index is 13.3. The number of para-hydroxylation sites is 1. The van der Waals surface area contributed by atoms with Gasteiger partial charge in [0.1, 0.15) is 22.9 Å². The third kappa shape index (κ3) is 7.37. The summed E-state index contributed by atoms with van der Waals surface area (Å²) in [5.41, 5.74) is 2.20. The van der Waals surface area contributed by atoms with Crippen LogP contribution in [0, 0.1) is 17.8 Å². The summed E-state index contributed by atoms with van der Waals surface area (Å²) in [5, 5.41) is 25.3. The molecule has 3 N–H and O–H groups in total. The Morgan fingerprint density at radius 1 is 1.04 bits per heavy atom. The van der Waals surface area contributed by atoms with Gasteiger partial charge in [0, 0.05) is 64.8 Å². The number of hydrogen-bond acceptors (Lipinski definition) is 10. The zero-order valence-electron chi connectivity index (χ0n) is 31.9. The molecule has 1 atom stereocenters. The molecule has 2 saturated heterocycles. The molecule has 1 saturated carbocycles. The van der Waals surface area contributed by atoms with Crippen molar-refractivity contribution in [3.8, 4) is 11.8 Å². The normalized spacial score (nSPS) is 21.2. The number of aliphatic hydroxyl groups is 1. The van der Waals surface area contributed by atoms with Crippen molar-refractivity contribution in [2.45, 2.75) is 70.1 Å². The van der Waals surface area contributed by atoms with Gasteiger partial charge in [0.15, 0.2) is 5.65 Å². The fraction of sp³-hybridized carbons (Fsp3) is 0.475. The summed E-state index contributed by atoms with van der Waals surface area (Å²) in [6.45, 7) is 8.80. The van der Waals surface area contributed by atoms with E-state index in [1.165, 1.54) is 15.3 Å². The molecule has 292 valence electrons. The lowest BCUT2D eigenvalue weighted by Crippen LogP contribution is -2.48. The Morgan fingerprint density at radius 3 is 2.55 bits per heavy atom. The molecule has 0 radical (unpaired) electrons. The molecule has 8 rings (SSSR count). The highest BCUT2D eigenvalue weighted by Crippen LogP contribution is 2.36. The molecule has 56 heavy (non-hydrogen) atoms. The monoisotopic (exact) mass is 761 g/mol. The Bertz CT molecular complexity index is 2420. The summed E-state index contributed by atoms with van der Waals surface area (Å²) in [4.78, 5) is 60.0. The standard InChI is InChI=1S/C40H47N11O5/c1-40(2,56)35-30(43-37(53)29-23-42-49-18-6-16-41-36(29)49)25-50(45-35)28-12-10-26(11-13-28)24-48-21-19-47(20-22-48)17-5-8-27-7-4-9-31-34(27)46(3)39(55)51(31)32-14-15-33(52)44-38(32)54/h4,6-7,9,16,18,23,25-26,28,32,56H,10-15,17,19-22,24H2,1-3H3,(H,43,53)(H,44,52,54)/t26-,28-,32?. The van der Waals surface area contributed by atoms with E-state index in [1.807, 2.05) is 29.1 Å². The third-order valence-corrected chi connectivity index (χ3v) is 11.4. The molecule has 4 aromatic heterocycles. The molecule has 16 nitrogen and oxygen atoms in total. The van der Waals surface area contributed by atoms with E-state index in [-0.39, 0.29) is 36.4 Å². The largest absolute Gasteiger partial charge is 0.384 e. The summed E-state index contributed by atoms with van der Waals surface area (Å²) in [6, 6.07) is 6.77. The van der Waals surface area contributed by atoms with Gasteiger partial charge in [0.05, 0.1) is 41.1 Å². The predicted octanol–water partition coefficient (Wildman–Crippen LogP) is 2.44. The second-order valence-corrected chi connectivity index (χ2v) is 15.7. The number of carbonyl (C=O) groups excluding carboxylic acids is 3. The van der Waals surface area contributed by atoms with Crippen LogP contribution in [-0.2, 0) is 22.2 Å². The highest BCUT2D eigenvalue weighted by atomic mass is 16.3. The van der Waals surface area contributed by atoms with Gasteiger partial charge in [-0.05, 0) is 70.1 Å². The fourth-order valence-electron chi connectivity index (χ4n) is 8.40. The number of imidazole rings is 1. The molecule has 2 aliphatic heterocycles. The van der Waals surface area contributed by atoms with E-state index >= 15 is 0 Å². The number of amides is 3. The number of nitrogens with one attached hydrogen (secondary N) is 2. The Morgan fingerprint density at radius 2 is 1.80 bits per heavy atom. The third-order valence-electron chi connectivity index (χ3n) is 11.4. The van der Waals surface area contributed by atoms with Gasteiger partial charge in [0.2, 0.25) is 11.8 Å². The minimum atomic E-state index is -1.25. The van der Waals surface area contributed by atoms with Crippen LogP contribution in [0.15, 0.2) is 53.8 Å². The van der Waals surface area contributed by atoms with E-state index in [9.17, 15) is 24.3 Å². The summed E-state index contributed by atoms with van der Waals surface area (Å²) in [7, 11) is 1.69. The van der Waals surface area contributed by atoms with Crippen molar-refractivity contribution in [3.63, 3.8) is 0 Å². The van der Waals surface area contributed by atoms with E-state index in [0.717, 1.165) is 64.0 Å². The molecule has 3 aliphatic rings. The molecule has 16 heteroatoms. The number of anilines is 1. The molecule has 1 unspecified atom stereocenters. The Kier molecular flexibility index (Phi) is 10.1. The first kappa shape index (κ1) is 37.3. The summed E-state index contributed by atoms with van der Waals surface area (Å²) in [5.74, 6) is 6.07. The average molecular weight is 762 g/mol. The van der Waals surface area contributed by atoms with E-state index in [2.05, 4.69) is 42.4 Å². The van der Waals surface area contributed by atoms with Crippen molar-refractivity contribution in [1.82, 2.24) is 48.6 Å². The molecule has 1 aromatic carbocycles. The minimum absolute atomic E-state index is 0.177. The zero-order valence-corrected chi connectivity index (χ0v) is 31.9. The number of piperazine rings is 1. The van der Waals surface area contributed by atoms with Crippen molar-refractivity contribution in [2.24, 2.45) is 13.0 Å². The molecule has 5 aromatic rings. The maximum atomic E-state index is 13.3. The number of fused-ring (bicyclic) bond motifs is 2. The summed E-state index contributed by atoms with van der Waals surface area (Å²) in [6.07, 6.45) is 11.2. The number of imide groups is 1. The van der Waals surface area contributed by atoms with E-state index in [4.69, 9.17) is 5.10 Å². The maximum Gasteiger partial charge on any atom is 0.329 e. The number of rotatable bonds is 8. The number of piperidine rings is 1. The summed E-state index contributed by atoms with van der Waals surface area (Å²) < 4.78 is 6.49. The van der Waals surface area contributed by atoms with Crippen molar-refractivity contribution in [2.75, 3.05) is 44.6 Å². The van der Waals surface area contributed by atoms with E-state index in [0.29, 0.717) is 46.1 Å². The number of carbonyl (C=O) groups is 3. The predicted molar refractivity (Wildman–Crippen MR) is 208 cm³/mol. The van der Waals surface area contributed by atoms with Gasteiger partial charge in [-0.25, -0.2) is 14.3 Å².